The number of Topliss-reactive ketones (excluding diaryl/α,β-unsaturated/α-hetero) is 1. The molecule has 0 spiro atoms. The normalized spacial score (nSPS) is 19.5. The first-order valence-electron chi connectivity index (χ1n) is 19.2. The van der Waals surface area contributed by atoms with E-state index in [9.17, 15) is 14.7 Å². The van der Waals surface area contributed by atoms with Crippen molar-refractivity contribution >= 4 is 28.2 Å². The van der Waals surface area contributed by atoms with Gasteiger partial charge in [0.1, 0.15) is 29.2 Å². The van der Waals surface area contributed by atoms with E-state index < -0.39 is 12.1 Å². The van der Waals surface area contributed by atoms with Gasteiger partial charge in [-0.3, -0.25) is 9.59 Å². The number of methoxy groups -OCH3 is 1. The maximum absolute atomic E-state index is 14.2. The van der Waals surface area contributed by atoms with Crippen LogP contribution in [0.1, 0.15) is 75.1 Å². The van der Waals surface area contributed by atoms with Gasteiger partial charge in [-0.15, -0.1) is 0 Å². The van der Waals surface area contributed by atoms with Gasteiger partial charge in [0.15, 0.2) is 11.5 Å². The van der Waals surface area contributed by atoms with E-state index in [1.807, 2.05) is 24.3 Å². The van der Waals surface area contributed by atoms with Crippen molar-refractivity contribution in [2.75, 3.05) is 19.0 Å². The zero-order valence-electron chi connectivity index (χ0n) is 31.8. The largest absolute Gasteiger partial charge is 0.508 e. The number of carbonyl (C=O) groups excluding carboxylic acids is 2. The summed E-state index contributed by atoms with van der Waals surface area (Å²) >= 11 is 0. The topological polar surface area (TPSA) is 127 Å². The lowest BCUT2D eigenvalue weighted by atomic mass is 9.89. The van der Waals surface area contributed by atoms with Crippen molar-refractivity contribution < 1.29 is 28.9 Å². The standard InChI is InChI=1S/C45H50N4O6/c1-4-30-12-15-39(54-29(2)50)23-37(52)24-42(32-14-16-43(44(21-32)53-3)55-38-9-6-8-36(51)22-38)49-27-34-7-5-10-41(40(34)28-49)48-45-20-31(17-18-47-45)11-13-33-25-46-26-35(33)19-30/h5-10,14,16-17,20-22,25-28,30,39,42,46-48,51H,4,11-13,15,18-19,23-24H2,1-3H3/t30-,39+,42+/m0/s1. The minimum atomic E-state index is -0.516. The number of benzene rings is 3. The number of fused-ring (bicyclic) bond motifs is 3. The van der Waals surface area contributed by atoms with Crippen molar-refractivity contribution in [3.63, 3.8) is 0 Å². The summed E-state index contributed by atoms with van der Waals surface area (Å²) in [7, 11) is 1.58. The number of rotatable bonds is 6. The maximum Gasteiger partial charge on any atom is 0.302 e. The van der Waals surface area contributed by atoms with Gasteiger partial charge in [-0.2, -0.15) is 0 Å². The van der Waals surface area contributed by atoms with Crippen LogP contribution in [0.3, 0.4) is 0 Å². The smallest absolute Gasteiger partial charge is 0.302 e. The van der Waals surface area contributed by atoms with E-state index >= 15 is 0 Å². The van der Waals surface area contributed by atoms with E-state index in [2.05, 4.69) is 76.2 Å². The minimum Gasteiger partial charge on any atom is -0.508 e. The van der Waals surface area contributed by atoms with Gasteiger partial charge in [0.05, 0.1) is 13.2 Å². The number of ketones is 1. The number of esters is 1. The monoisotopic (exact) mass is 742 g/mol. The Morgan fingerprint density at radius 2 is 1.80 bits per heavy atom. The predicted octanol–water partition coefficient (Wildman–Crippen LogP) is 9.12. The Morgan fingerprint density at radius 1 is 0.945 bits per heavy atom. The van der Waals surface area contributed by atoms with Gasteiger partial charge >= 0.3 is 5.97 Å². The molecule has 0 aliphatic carbocycles. The second-order valence-corrected chi connectivity index (χ2v) is 14.6. The van der Waals surface area contributed by atoms with Crippen molar-refractivity contribution in [1.29, 1.82) is 0 Å². The van der Waals surface area contributed by atoms with Crippen molar-refractivity contribution in [2.24, 2.45) is 5.92 Å². The SMILES string of the molecule is CC[C@H]1CC[C@@H](OC(C)=O)CC(=O)C[C@H](c2ccc(Oc3cccc(O)c3)c(OC)c2)n2cc3cccc(c3c2)NC2=CC(=CCN2)CCc2c[nH]cc2C1. The Bertz CT molecular complexity index is 2210. The summed E-state index contributed by atoms with van der Waals surface area (Å²) < 4.78 is 19.8. The minimum absolute atomic E-state index is 0.00542. The molecule has 7 rings (SSSR count). The molecule has 3 atom stereocenters. The third kappa shape index (κ3) is 9.25. The number of nitrogens with one attached hydrogen (secondary N) is 3. The number of aromatic hydroxyl groups is 1. The van der Waals surface area contributed by atoms with Crippen LogP contribution in [-0.4, -0.2) is 46.2 Å². The van der Waals surface area contributed by atoms with E-state index in [1.165, 1.54) is 29.7 Å². The van der Waals surface area contributed by atoms with Crippen LogP contribution in [0.25, 0.3) is 10.8 Å². The molecule has 0 unspecified atom stereocenters. The molecule has 0 saturated carbocycles. The van der Waals surface area contributed by atoms with Crippen LogP contribution >= 0.6 is 0 Å². The summed E-state index contributed by atoms with van der Waals surface area (Å²) in [5.74, 6) is 2.47. The van der Waals surface area contributed by atoms with Crippen molar-refractivity contribution in [1.82, 2.24) is 14.9 Å². The lowest BCUT2D eigenvalue weighted by Gasteiger charge is -2.23. The number of H-pyrrole nitrogens is 1. The molecule has 0 amide bonds. The zero-order valence-corrected chi connectivity index (χ0v) is 31.8. The molecule has 10 heteroatoms. The van der Waals surface area contributed by atoms with Gasteiger partial charge in [-0.1, -0.05) is 43.7 Å². The molecular weight excluding hydrogens is 693 g/mol. The second kappa shape index (κ2) is 17.1. The average molecular weight is 743 g/mol. The molecule has 3 aromatic carbocycles. The molecule has 4 bridgehead atoms. The number of allylic oxidation sites excluding steroid dienone is 2. The molecule has 286 valence electrons. The summed E-state index contributed by atoms with van der Waals surface area (Å²) in [6.07, 6.45) is 17.9. The molecule has 2 aliphatic heterocycles. The van der Waals surface area contributed by atoms with Crippen molar-refractivity contribution in [3.05, 3.63) is 126 Å². The molecule has 2 aliphatic rings. The quantitative estimate of drug-likeness (QED) is 0.127. The highest BCUT2D eigenvalue weighted by Crippen LogP contribution is 2.38. The Labute approximate surface area is 322 Å². The van der Waals surface area contributed by atoms with Crippen LogP contribution in [0.5, 0.6) is 23.0 Å². The number of ether oxygens (including phenoxy) is 3. The third-order valence-corrected chi connectivity index (χ3v) is 10.7. The summed E-state index contributed by atoms with van der Waals surface area (Å²) in [6, 6.07) is 18.0. The number of aromatic amines is 1. The summed E-state index contributed by atoms with van der Waals surface area (Å²) in [5.41, 5.74) is 5.73. The summed E-state index contributed by atoms with van der Waals surface area (Å²) in [5, 5.41) is 19.2. The predicted molar refractivity (Wildman–Crippen MR) is 215 cm³/mol. The van der Waals surface area contributed by atoms with E-state index in [1.54, 1.807) is 25.3 Å². The fourth-order valence-corrected chi connectivity index (χ4v) is 7.81. The first kappa shape index (κ1) is 37.4. The highest BCUT2D eigenvalue weighted by Gasteiger charge is 2.26. The van der Waals surface area contributed by atoms with Crippen LogP contribution in [0.4, 0.5) is 5.69 Å². The fourth-order valence-electron chi connectivity index (χ4n) is 7.81. The maximum atomic E-state index is 14.2. The molecule has 0 saturated heterocycles. The lowest BCUT2D eigenvalue weighted by Crippen LogP contribution is -2.24. The van der Waals surface area contributed by atoms with Crippen LogP contribution in [0.15, 0.2) is 109 Å². The number of hydrogen-bond donors (Lipinski definition) is 4. The molecule has 0 fully saturated rings. The van der Waals surface area contributed by atoms with Crippen molar-refractivity contribution in [3.8, 4) is 23.0 Å². The molecule has 4 heterocycles. The van der Waals surface area contributed by atoms with Gasteiger partial charge in [0.2, 0.25) is 0 Å². The molecule has 55 heavy (non-hydrogen) atoms. The zero-order chi connectivity index (χ0) is 38.3. The highest BCUT2D eigenvalue weighted by molar-refractivity contribution is 5.94. The van der Waals surface area contributed by atoms with E-state index in [0.717, 1.165) is 66.5 Å². The fraction of sp³-hybridized carbons (Fsp3) is 0.333. The number of aromatic nitrogens is 2. The van der Waals surface area contributed by atoms with Gasteiger partial charge in [-0.05, 0) is 96.7 Å². The number of phenols is 1. The number of dihydropyridines is 1. The van der Waals surface area contributed by atoms with E-state index in [-0.39, 0.29) is 30.3 Å². The Morgan fingerprint density at radius 3 is 2.62 bits per heavy atom. The first-order valence-corrected chi connectivity index (χ1v) is 19.2. The molecule has 0 radical (unpaired) electrons. The second-order valence-electron chi connectivity index (χ2n) is 14.6. The molecule has 2 aromatic heterocycles. The van der Waals surface area contributed by atoms with Crippen LogP contribution in [0, 0.1) is 5.92 Å². The molecule has 10 nitrogen and oxygen atoms in total. The molecular formula is C45H50N4O6. The Kier molecular flexibility index (Phi) is 11.6. The number of anilines is 1. The number of phenolic OH excluding ortho intramolecular Hbond substituents is 1. The van der Waals surface area contributed by atoms with Gasteiger partial charge in [0.25, 0.3) is 0 Å². The van der Waals surface area contributed by atoms with Crippen LogP contribution < -0.4 is 20.1 Å². The van der Waals surface area contributed by atoms with E-state index in [4.69, 9.17) is 14.2 Å². The Hall–Kier alpha value is -5.90. The molecule has 4 N–H and O–H groups in total. The van der Waals surface area contributed by atoms with E-state index in [0.29, 0.717) is 29.6 Å². The number of carbonyl (C=O) groups is 2. The lowest BCUT2D eigenvalue weighted by molar-refractivity contribution is -0.148. The summed E-state index contributed by atoms with van der Waals surface area (Å²) in [6.45, 7) is 4.36. The average Bonchev–Trinajstić information content (AvgIpc) is 3.82. The van der Waals surface area contributed by atoms with Crippen LogP contribution in [-0.2, 0) is 27.2 Å². The van der Waals surface area contributed by atoms with Gasteiger partial charge in [0, 0.05) is 73.6 Å². The number of hydrogen-bond acceptors (Lipinski definition) is 8. The van der Waals surface area contributed by atoms with Crippen LogP contribution in [0.2, 0.25) is 0 Å². The summed E-state index contributed by atoms with van der Waals surface area (Å²) in [4.78, 5) is 29.8. The van der Waals surface area contributed by atoms with Gasteiger partial charge in [-0.25, -0.2) is 0 Å². The number of aryl methyl sites for hydroxylation is 1. The number of nitrogens with zero attached hydrogens (tertiary/aromatic N) is 1. The van der Waals surface area contributed by atoms with Crippen molar-refractivity contribution in [2.45, 2.75) is 77.4 Å². The first-order chi connectivity index (χ1) is 26.7. The highest BCUT2D eigenvalue weighted by atomic mass is 16.5. The molecule has 5 aromatic rings. The van der Waals surface area contributed by atoms with Gasteiger partial charge < -0.3 is 39.5 Å². The Balaban J connectivity index is 1.26. The third-order valence-electron chi connectivity index (χ3n) is 10.7.